The Morgan fingerprint density at radius 1 is 1.16 bits per heavy atom. The second kappa shape index (κ2) is 4.95. The number of amides is 1. The molecule has 1 aromatic heterocycles. The van der Waals surface area contributed by atoms with Crippen LogP contribution in [0, 0.1) is 0 Å². The number of anilines is 1. The van der Waals surface area contributed by atoms with E-state index in [1.807, 2.05) is 53.9 Å². The second-order valence-corrected chi connectivity index (χ2v) is 5.35. The van der Waals surface area contributed by atoms with Crippen LogP contribution in [0.5, 0.6) is 0 Å². The summed E-state index contributed by atoms with van der Waals surface area (Å²) in [4.78, 5) is 14.9. The average Bonchev–Trinajstić information content (AvgIpc) is 3.01. The molecule has 0 bridgehead atoms. The van der Waals surface area contributed by atoms with Gasteiger partial charge in [0.05, 0.1) is 5.69 Å². The highest BCUT2D eigenvalue weighted by molar-refractivity contribution is 7.80. The number of nitrogens with one attached hydrogen (secondary N) is 1. The van der Waals surface area contributed by atoms with Gasteiger partial charge in [-0.3, -0.25) is 9.69 Å². The molecule has 2 heterocycles. The number of carbonyl (C=O) groups excluding carboxylic acids is 1. The average molecular weight is 286 g/mol. The van der Waals surface area contributed by atoms with Crippen molar-refractivity contribution in [1.82, 2.24) is 5.32 Å². The smallest absolute Gasteiger partial charge is 0.281 e. The van der Waals surface area contributed by atoms with Crippen LogP contribution >= 0.6 is 23.6 Å². The van der Waals surface area contributed by atoms with Gasteiger partial charge < -0.3 is 5.32 Å². The van der Waals surface area contributed by atoms with Gasteiger partial charge in [-0.25, -0.2) is 0 Å². The number of thiophene rings is 1. The minimum absolute atomic E-state index is 0.121. The maximum absolute atomic E-state index is 12.4. The van der Waals surface area contributed by atoms with Gasteiger partial charge in [0.25, 0.3) is 5.91 Å². The van der Waals surface area contributed by atoms with Crippen molar-refractivity contribution in [3.05, 3.63) is 58.4 Å². The van der Waals surface area contributed by atoms with E-state index in [2.05, 4.69) is 5.32 Å². The molecule has 3 nitrogen and oxygen atoms in total. The monoisotopic (exact) mass is 286 g/mol. The van der Waals surface area contributed by atoms with Crippen molar-refractivity contribution in [3.63, 3.8) is 0 Å². The highest BCUT2D eigenvalue weighted by Crippen LogP contribution is 2.22. The van der Waals surface area contributed by atoms with Gasteiger partial charge in [-0.2, -0.15) is 0 Å². The number of rotatable bonds is 2. The van der Waals surface area contributed by atoms with Crippen LogP contribution in [0.4, 0.5) is 5.69 Å². The summed E-state index contributed by atoms with van der Waals surface area (Å²) in [6.45, 7) is 0. The number of thiocarbonyl (C=S) groups is 1. The van der Waals surface area contributed by atoms with Gasteiger partial charge >= 0.3 is 0 Å². The summed E-state index contributed by atoms with van der Waals surface area (Å²) in [5.74, 6) is -0.121. The SMILES string of the molecule is O=C1/C(=C/c2cccs2)NC(=S)N1c1ccccc1. The van der Waals surface area contributed by atoms with Crippen LogP contribution in [-0.2, 0) is 4.79 Å². The van der Waals surface area contributed by atoms with Crippen molar-refractivity contribution in [3.8, 4) is 0 Å². The van der Waals surface area contributed by atoms with E-state index in [4.69, 9.17) is 12.2 Å². The lowest BCUT2D eigenvalue weighted by Gasteiger charge is -2.13. The molecule has 0 unspecified atom stereocenters. The Morgan fingerprint density at radius 3 is 2.63 bits per heavy atom. The first-order valence-electron chi connectivity index (χ1n) is 5.71. The predicted molar refractivity (Wildman–Crippen MR) is 82.0 cm³/mol. The number of carbonyl (C=O) groups is 1. The molecule has 0 atom stereocenters. The summed E-state index contributed by atoms with van der Waals surface area (Å²) < 4.78 is 0. The van der Waals surface area contributed by atoms with Gasteiger partial charge in [0.15, 0.2) is 5.11 Å². The van der Waals surface area contributed by atoms with Crippen LogP contribution < -0.4 is 10.2 Å². The fourth-order valence-electron chi connectivity index (χ4n) is 1.86. The molecule has 1 aliphatic heterocycles. The first-order valence-corrected chi connectivity index (χ1v) is 7.00. The Labute approximate surface area is 120 Å². The molecule has 1 aromatic carbocycles. The molecule has 19 heavy (non-hydrogen) atoms. The summed E-state index contributed by atoms with van der Waals surface area (Å²) in [6.07, 6.45) is 1.82. The number of nitrogens with zero attached hydrogens (tertiary/aromatic N) is 1. The molecule has 0 spiro atoms. The lowest BCUT2D eigenvalue weighted by Crippen LogP contribution is -2.30. The van der Waals surface area contributed by atoms with Crippen LogP contribution in [0.1, 0.15) is 4.88 Å². The van der Waals surface area contributed by atoms with Crippen LogP contribution in [-0.4, -0.2) is 11.0 Å². The molecule has 3 rings (SSSR count). The highest BCUT2D eigenvalue weighted by atomic mass is 32.1. The van der Waals surface area contributed by atoms with Gasteiger partial charge in [0.1, 0.15) is 5.70 Å². The topological polar surface area (TPSA) is 32.3 Å². The Bertz CT molecular complexity index is 647. The van der Waals surface area contributed by atoms with E-state index in [0.717, 1.165) is 10.6 Å². The third-order valence-corrected chi connectivity index (χ3v) is 3.83. The maximum atomic E-state index is 12.4. The zero-order chi connectivity index (χ0) is 13.2. The molecule has 1 N–H and O–H groups in total. The molecule has 0 aliphatic carbocycles. The van der Waals surface area contributed by atoms with E-state index in [-0.39, 0.29) is 5.91 Å². The van der Waals surface area contributed by atoms with Gasteiger partial charge in [-0.15, -0.1) is 11.3 Å². The van der Waals surface area contributed by atoms with Gasteiger partial charge in [-0.05, 0) is 41.9 Å². The van der Waals surface area contributed by atoms with E-state index < -0.39 is 0 Å². The minimum Gasteiger partial charge on any atom is -0.327 e. The molecular formula is C14H10N2OS2. The summed E-state index contributed by atoms with van der Waals surface area (Å²) in [5, 5.41) is 5.35. The highest BCUT2D eigenvalue weighted by Gasteiger charge is 2.31. The second-order valence-electron chi connectivity index (χ2n) is 3.98. The molecule has 0 saturated carbocycles. The molecule has 1 saturated heterocycles. The lowest BCUT2D eigenvalue weighted by atomic mass is 10.3. The van der Waals surface area contributed by atoms with Crippen molar-refractivity contribution in [2.24, 2.45) is 0 Å². The van der Waals surface area contributed by atoms with Gasteiger partial charge in [0.2, 0.25) is 0 Å². The molecule has 0 radical (unpaired) electrons. The Hall–Kier alpha value is -1.98. The van der Waals surface area contributed by atoms with Crippen molar-refractivity contribution in [1.29, 1.82) is 0 Å². The van der Waals surface area contributed by atoms with Crippen molar-refractivity contribution < 1.29 is 4.79 Å². The largest absolute Gasteiger partial charge is 0.327 e. The fraction of sp³-hybridized carbons (Fsp3) is 0. The van der Waals surface area contributed by atoms with Crippen LogP contribution in [0.3, 0.4) is 0 Å². The first-order chi connectivity index (χ1) is 9.25. The lowest BCUT2D eigenvalue weighted by molar-refractivity contribution is -0.113. The van der Waals surface area contributed by atoms with Crippen LogP contribution in [0.25, 0.3) is 6.08 Å². The number of para-hydroxylation sites is 1. The van der Waals surface area contributed by atoms with E-state index in [9.17, 15) is 4.79 Å². The van der Waals surface area contributed by atoms with Crippen molar-refractivity contribution in [2.45, 2.75) is 0 Å². The van der Waals surface area contributed by atoms with Gasteiger partial charge in [-0.1, -0.05) is 24.3 Å². The van der Waals surface area contributed by atoms with E-state index in [0.29, 0.717) is 10.8 Å². The van der Waals surface area contributed by atoms with Crippen molar-refractivity contribution >= 4 is 46.3 Å². The zero-order valence-corrected chi connectivity index (χ0v) is 11.5. The number of hydrogen-bond acceptors (Lipinski definition) is 3. The maximum Gasteiger partial charge on any atom is 0.281 e. The standard InChI is InChI=1S/C14H10N2OS2/c17-13-12(9-11-7-4-8-19-11)15-14(18)16(13)10-5-2-1-3-6-10/h1-9H,(H,15,18)/b12-9-. The number of hydrogen-bond donors (Lipinski definition) is 1. The predicted octanol–water partition coefficient (Wildman–Crippen LogP) is 3.01. The van der Waals surface area contributed by atoms with Crippen molar-refractivity contribution in [2.75, 3.05) is 4.90 Å². The molecule has 1 aliphatic rings. The quantitative estimate of drug-likeness (QED) is 0.680. The third kappa shape index (κ3) is 2.30. The number of benzene rings is 1. The van der Waals surface area contributed by atoms with E-state index >= 15 is 0 Å². The molecule has 1 fully saturated rings. The fourth-order valence-corrected chi connectivity index (χ4v) is 2.82. The van der Waals surface area contributed by atoms with E-state index in [1.165, 1.54) is 4.90 Å². The zero-order valence-electron chi connectivity index (χ0n) is 9.87. The van der Waals surface area contributed by atoms with Gasteiger partial charge in [0, 0.05) is 4.88 Å². The summed E-state index contributed by atoms with van der Waals surface area (Å²) in [6, 6.07) is 13.3. The minimum atomic E-state index is -0.121. The molecule has 2 aromatic rings. The Morgan fingerprint density at radius 2 is 1.95 bits per heavy atom. The normalized spacial score (nSPS) is 17.1. The third-order valence-electron chi connectivity index (χ3n) is 2.72. The molecule has 1 amide bonds. The molecule has 5 heteroatoms. The first kappa shape index (κ1) is 12.1. The summed E-state index contributed by atoms with van der Waals surface area (Å²) in [5.41, 5.74) is 1.29. The van der Waals surface area contributed by atoms with E-state index in [1.54, 1.807) is 11.3 Å². The molecular weight excluding hydrogens is 276 g/mol. The Balaban J connectivity index is 1.94. The summed E-state index contributed by atoms with van der Waals surface area (Å²) in [7, 11) is 0. The summed E-state index contributed by atoms with van der Waals surface area (Å²) >= 11 is 6.81. The van der Waals surface area contributed by atoms with Crippen LogP contribution in [0.2, 0.25) is 0 Å². The van der Waals surface area contributed by atoms with Crippen LogP contribution in [0.15, 0.2) is 53.5 Å². The Kier molecular flexibility index (Phi) is 3.15. The molecule has 94 valence electrons.